The van der Waals surface area contributed by atoms with Crippen molar-refractivity contribution in [1.29, 1.82) is 10.8 Å². The number of ether oxygens (including phenoxy) is 1. The number of benzene rings is 3. The quantitative estimate of drug-likeness (QED) is 0.204. The number of nitrogens with zero attached hydrogens (tertiary/aromatic N) is 3. The lowest BCUT2D eigenvalue weighted by molar-refractivity contribution is -0.137. The number of aliphatic carboxylic acids is 1. The Morgan fingerprint density at radius 1 is 1.11 bits per heavy atom. The van der Waals surface area contributed by atoms with Gasteiger partial charge < -0.3 is 25.0 Å². The summed E-state index contributed by atoms with van der Waals surface area (Å²) in [7, 11) is 0. The van der Waals surface area contributed by atoms with E-state index in [1.54, 1.807) is 0 Å². The molecule has 1 aliphatic rings. The second-order valence-corrected chi connectivity index (χ2v) is 9.78. The fraction of sp³-hybridized carbons (Fsp3) is 0.310. The van der Waals surface area contributed by atoms with Crippen molar-refractivity contribution in [3.05, 3.63) is 71.5 Å². The first-order valence-electron chi connectivity index (χ1n) is 12.8. The predicted molar refractivity (Wildman–Crippen MR) is 148 cm³/mol. The van der Waals surface area contributed by atoms with Crippen LogP contribution in [0.15, 0.2) is 54.6 Å². The number of likely N-dealkylation sites (tertiary alicyclic amines) is 1. The van der Waals surface area contributed by atoms with Gasteiger partial charge >= 0.3 is 5.97 Å². The average molecular weight is 513 g/mol. The van der Waals surface area contributed by atoms with Gasteiger partial charge in [0.1, 0.15) is 23.5 Å². The smallest absolute Gasteiger partial charge is 0.303 e. The van der Waals surface area contributed by atoms with Gasteiger partial charge in [-0.1, -0.05) is 36.4 Å². The molecule has 0 unspecified atom stereocenters. The molecule has 1 saturated heterocycles. The van der Waals surface area contributed by atoms with Crippen LogP contribution in [0.25, 0.3) is 21.8 Å². The normalized spacial score (nSPS) is 14.2. The fourth-order valence-corrected chi connectivity index (χ4v) is 5.22. The summed E-state index contributed by atoms with van der Waals surface area (Å²) < 4.78 is 8.42. The molecule has 0 bridgehead atoms. The highest BCUT2D eigenvalue weighted by atomic mass is 16.5. The van der Waals surface area contributed by atoms with Gasteiger partial charge in [-0.25, -0.2) is 4.98 Å². The second-order valence-electron chi connectivity index (χ2n) is 9.78. The molecule has 0 radical (unpaired) electrons. The highest BCUT2D eigenvalue weighted by Gasteiger charge is 2.22. The predicted octanol–water partition coefficient (Wildman–Crippen LogP) is 4.38. The number of imidazole rings is 1. The number of amidine groups is 2. The van der Waals surface area contributed by atoms with Crippen molar-refractivity contribution in [2.24, 2.45) is 5.73 Å². The van der Waals surface area contributed by atoms with E-state index in [0.29, 0.717) is 30.2 Å². The van der Waals surface area contributed by atoms with E-state index in [1.807, 2.05) is 61.5 Å². The zero-order valence-corrected chi connectivity index (χ0v) is 21.4. The minimum Gasteiger partial charge on any atom is -0.490 e. The molecule has 3 aromatic carbocycles. The molecule has 196 valence electrons. The maximum Gasteiger partial charge on any atom is 0.303 e. The van der Waals surface area contributed by atoms with Crippen LogP contribution in [-0.4, -0.2) is 56.4 Å². The van der Waals surface area contributed by atoms with Crippen LogP contribution in [0.3, 0.4) is 0 Å². The number of hydrogen-bond acceptors (Lipinski definition) is 5. The maximum absolute atomic E-state index is 11.4. The lowest BCUT2D eigenvalue weighted by Gasteiger charge is -2.32. The molecular weight excluding hydrogens is 480 g/mol. The van der Waals surface area contributed by atoms with Crippen molar-refractivity contribution in [1.82, 2.24) is 14.5 Å². The van der Waals surface area contributed by atoms with Gasteiger partial charge in [-0.05, 0) is 35.4 Å². The van der Waals surface area contributed by atoms with Crippen molar-refractivity contribution in [2.75, 3.05) is 13.1 Å². The summed E-state index contributed by atoms with van der Waals surface area (Å²) in [6.07, 6.45) is 2.08. The number of piperidine rings is 1. The van der Waals surface area contributed by atoms with Crippen LogP contribution < -0.4 is 10.5 Å². The number of carboxylic acid groups (broad SMARTS) is 1. The van der Waals surface area contributed by atoms with Crippen LogP contribution in [0.4, 0.5) is 0 Å². The van der Waals surface area contributed by atoms with E-state index in [-0.39, 0.29) is 18.4 Å². The number of hydrogen-bond donors (Lipinski definition) is 4. The van der Waals surface area contributed by atoms with Gasteiger partial charge in [0, 0.05) is 50.5 Å². The lowest BCUT2D eigenvalue weighted by atomic mass is 9.98. The number of rotatable bonds is 8. The van der Waals surface area contributed by atoms with E-state index in [0.717, 1.165) is 59.0 Å². The Balaban J connectivity index is 1.50. The molecule has 0 aliphatic carbocycles. The summed E-state index contributed by atoms with van der Waals surface area (Å²) in [5.41, 5.74) is 9.22. The van der Waals surface area contributed by atoms with Crippen LogP contribution in [0, 0.1) is 10.8 Å². The molecule has 1 aliphatic heterocycles. The minimum absolute atomic E-state index is 0.0122. The van der Waals surface area contributed by atoms with Gasteiger partial charge in [0.2, 0.25) is 0 Å². The highest BCUT2D eigenvalue weighted by molar-refractivity contribution is 6.08. The SMILES string of the molecule is CC(=N)N1CCC(Oc2ccc3nc(CCC(=O)O)n(Cc4ccc(C(=N)N)c5ccccc45)c3c2)CC1. The Labute approximate surface area is 220 Å². The second kappa shape index (κ2) is 10.5. The van der Waals surface area contributed by atoms with Crippen molar-refractivity contribution >= 4 is 39.4 Å². The van der Waals surface area contributed by atoms with Gasteiger partial charge in [-0.2, -0.15) is 0 Å². The average Bonchev–Trinajstić information content (AvgIpc) is 3.24. The number of carbonyl (C=O) groups is 1. The van der Waals surface area contributed by atoms with Crippen LogP contribution in [-0.2, 0) is 17.8 Å². The van der Waals surface area contributed by atoms with E-state index in [2.05, 4.69) is 9.47 Å². The van der Waals surface area contributed by atoms with Gasteiger partial charge in [-0.15, -0.1) is 0 Å². The molecule has 38 heavy (non-hydrogen) atoms. The summed E-state index contributed by atoms with van der Waals surface area (Å²) in [6.45, 7) is 3.92. The largest absolute Gasteiger partial charge is 0.490 e. The number of fused-ring (bicyclic) bond motifs is 2. The van der Waals surface area contributed by atoms with Crippen molar-refractivity contribution in [2.45, 2.75) is 45.3 Å². The Morgan fingerprint density at radius 2 is 1.84 bits per heavy atom. The zero-order chi connectivity index (χ0) is 26.8. The molecule has 0 spiro atoms. The number of nitrogens with two attached hydrogens (primary N) is 1. The maximum atomic E-state index is 11.4. The van der Waals surface area contributed by atoms with Crippen molar-refractivity contribution in [3.63, 3.8) is 0 Å². The third-order valence-electron chi connectivity index (χ3n) is 7.21. The van der Waals surface area contributed by atoms with Gasteiger partial charge in [-0.3, -0.25) is 15.6 Å². The van der Waals surface area contributed by atoms with E-state index in [9.17, 15) is 9.90 Å². The van der Waals surface area contributed by atoms with E-state index >= 15 is 0 Å². The first-order chi connectivity index (χ1) is 18.3. The number of aryl methyl sites for hydroxylation is 1. The van der Waals surface area contributed by atoms with Crippen LogP contribution in [0.2, 0.25) is 0 Å². The summed E-state index contributed by atoms with van der Waals surface area (Å²) in [5, 5.41) is 27.0. The summed E-state index contributed by atoms with van der Waals surface area (Å²) >= 11 is 0. The topological polar surface area (TPSA) is 141 Å². The van der Waals surface area contributed by atoms with E-state index in [1.165, 1.54) is 0 Å². The molecule has 4 aromatic rings. The highest BCUT2D eigenvalue weighted by Crippen LogP contribution is 2.29. The van der Waals surface area contributed by atoms with Crippen LogP contribution >= 0.6 is 0 Å². The number of nitrogen functional groups attached to an aromatic ring is 1. The van der Waals surface area contributed by atoms with Crippen LogP contribution in [0.5, 0.6) is 5.75 Å². The molecule has 0 saturated carbocycles. The Kier molecular flexibility index (Phi) is 7.00. The Hall–Kier alpha value is -4.40. The summed E-state index contributed by atoms with van der Waals surface area (Å²) in [4.78, 5) is 18.2. The van der Waals surface area contributed by atoms with Gasteiger partial charge in [0.15, 0.2) is 0 Å². The van der Waals surface area contributed by atoms with Gasteiger partial charge in [0.05, 0.1) is 23.3 Å². The Bertz CT molecular complexity index is 1530. The third-order valence-corrected chi connectivity index (χ3v) is 7.21. The summed E-state index contributed by atoms with van der Waals surface area (Å²) in [6, 6.07) is 17.6. The molecule has 9 nitrogen and oxygen atoms in total. The third kappa shape index (κ3) is 5.18. The molecule has 1 fully saturated rings. The van der Waals surface area contributed by atoms with E-state index in [4.69, 9.17) is 26.3 Å². The lowest BCUT2D eigenvalue weighted by Crippen LogP contribution is -2.40. The monoisotopic (exact) mass is 512 g/mol. The first-order valence-corrected chi connectivity index (χ1v) is 12.8. The number of carboxylic acids is 1. The Morgan fingerprint density at radius 3 is 2.53 bits per heavy atom. The standard InChI is InChI=1S/C29H32N6O3/c1-18(30)34-14-12-20(13-15-34)38-21-7-9-25-26(16-21)35(27(33-25)10-11-28(36)37)17-19-6-8-24(29(31)32)23-5-3-2-4-22(19)23/h2-9,16,20,30H,10-15,17H2,1H3,(H3,31,32)(H,36,37). The minimum atomic E-state index is -0.865. The van der Waals surface area contributed by atoms with Gasteiger partial charge in [0.25, 0.3) is 0 Å². The molecule has 0 amide bonds. The molecule has 5 rings (SSSR count). The molecule has 2 heterocycles. The number of aromatic nitrogens is 2. The van der Waals surface area contributed by atoms with Crippen molar-refractivity contribution < 1.29 is 14.6 Å². The van der Waals surface area contributed by atoms with Crippen LogP contribution in [0.1, 0.15) is 43.1 Å². The van der Waals surface area contributed by atoms with Crippen molar-refractivity contribution in [3.8, 4) is 5.75 Å². The van der Waals surface area contributed by atoms with E-state index < -0.39 is 5.97 Å². The molecule has 9 heteroatoms. The molecule has 5 N–H and O–H groups in total. The first kappa shape index (κ1) is 25.3. The zero-order valence-electron chi connectivity index (χ0n) is 21.4. The molecular formula is C29H32N6O3. The molecule has 0 atom stereocenters. The number of nitrogens with one attached hydrogen (secondary N) is 2. The summed E-state index contributed by atoms with van der Waals surface area (Å²) in [5.74, 6) is 1.20. The molecule has 1 aromatic heterocycles. The fourth-order valence-electron chi connectivity index (χ4n) is 5.22.